The first-order valence-corrected chi connectivity index (χ1v) is 9.25. The molecule has 6 nitrogen and oxygen atoms in total. The second-order valence-corrected chi connectivity index (χ2v) is 7.36. The average Bonchev–Trinajstić information content (AvgIpc) is 3.22. The van der Waals surface area contributed by atoms with E-state index in [1.165, 1.54) is 12.0 Å². The van der Waals surface area contributed by atoms with Crippen LogP contribution in [0.15, 0.2) is 29.0 Å². The van der Waals surface area contributed by atoms with Crippen LogP contribution in [0.5, 0.6) is 0 Å². The summed E-state index contributed by atoms with van der Waals surface area (Å²) < 4.78 is 1.84. The van der Waals surface area contributed by atoms with Crippen molar-refractivity contribution in [1.29, 1.82) is 0 Å². The summed E-state index contributed by atoms with van der Waals surface area (Å²) in [5.41, 5.74) is 2.86. The molecule has 126 valence electrons. The molecule has 0 aliphatic carbocycles. The Morgan fingerprint density at radius 2 is 2.08 bits per heavy atom. The normalized spacial score (nSPS) is 20.8. The van der Waals surface area contributed by atoms with Gasteiger partial charge >= 0.3 is 0 Å². The Morgan fingerprint density at radius 1 is 1.29 bits per heavy atom. The SMILES string of the molecule is CC1=C(C(=O)N2CCCCC2)C(c2sccc2C)n2ncnc2N1. The summed E-state index contributed by atoms with van der Waals surface area (Å²) in [6.45, 7) is 5.74. The molecular formula is C17H21N5OS. The highest BCUT2D eigenvalue weighted by Crippen LogP contribution is 2.39. The second-order valence-electron chi connectivity index (χ2n) is 6.42. The van der Waals surface area contributed by atoms with E-state index < -0.39 is 0 Å². The Morgan fingerprint density at radius 3 is 2.79 bits per heavy atom. The highest BCUT2D eigenvalue weighted by Gasteiger charge is 2.36. The van der Waals surface area contributed by atoms with Gasteiger partial charge in [-0.1, -0.05) is 0 Å². The average molecular weight is 343 g/mol. The first-order valence-electron chi connectivity index (χ1n) is 8.37. The van der Waals surface area contributed by atoms with Gasteiger partial charge in [-0.25, -0.2) is 4.68 Å². The molecule has 0 bridgehead atoms. The van der Waals surface area contributed by atoms with Crippen LogP contribution in [-0.4, -0.2) is 38.7 Å². The Bertz CT molecular complexity index is 800. The van der Waals surface area contributed by atoms with Crippen molar-refractivity contribution in [3.8, 4) is 0 Å². The largest absolute Gasteiger partial charge is 0.339 e. The van der Waals surface area contributed by atoms with Crippen LogP contribution in [0.2, 0.25) is 0 Å². The molecule has 2 aliphatic heterocycles. The number of anilines is 1. The summed E-state index contributed by atoms with van der Waals surface area (Å²) in [5.74, 6) is 0.819. The lowest BCUT2D eigenvalue weighted by atomic mass is 9.97. The minimum absolute atomic E-state index is 0.124. The van der Waals surface area contributed by atoms with E-state index in [2.05, 4.69) is 33.8 Å². The first kappa shape index (κ1) is 15.4. The van der Waals surface area contributed by atoms with Crippen molar-refractivity contribution in [2.75, 3.05) is 18.4 Å². The molecule has 0 radical (unpaired) electrons. The number of rotatable bonds is 2. The Balaban J connectivity index is 1.80. The van der Waals surface area contributed by atoms with Gasteiger partial charge in [0.25, 0.3) is 5.91 Å². The topological polar surface area (TPSA) is 63.1 Å². The predicted octanol–water partition coefficient (Wildman–Crippen LogP) is 2.95. The van der Waals surface area contributed by atoms with E-state index in [-0.39, 0.29) is 11.9 Å². The summed E-state index contributed by atoms with van der Waals surface area (Å²) in [4.78, 5) is 20.7. The molecule has 2 aromatic heterocycles. The molecular weight excluding hydrogens is 322 g/mol. The Hall–Kier alpha value is -2.15. The second kappa shape index (κ2) is 6.05. The number of hydrogen-bond donors (Lipinski definition) is 1. The number of amides is 1. The number of allylic oxidation sites excluding steroid dienone is 1. The van der Waals surface area contributed by atoms with Crippen molar-refractivity contribution < 1.29 is 4.79 Å². The zero-order chi connectivity index (χ0) is 16.7. The number of fused-ring (bicyclic) bond motifs is 1. The van der Waals surface area contributed by atoms with Crippen LogP contribution in [0.4, 0.5) is 5.95 Å². The van der Waals surface area contributed by atoms with Gasteiger partial charge in [0.15, 0.2) is 0 Å². The van der Waals surface area contributed by atoms with E-state index in [0.717, 1.165) is 42.1 Å². The zero-order valence-electron chi connectivity index (χ0n) is 14.0. The number of carbonyl (C=O) groups is 1. The fourth-order valence-corrected chi connectivity index (χ4v) is 4.56. The summed E-state index contributed by atoms with van der Waals surface area (Å²) in [5, 5.41) is 9.71. The number of nitrogens with one attached hydrogen (secondary N) is 1. The molecule has 2 aromatic rings. The number of likely N-dealkylation sites (tertiary alicyclic amines) is 1. The molecule has 24 heavy (non-hydrogen) atoms. The third-order valence-corrected chi connectivity index (χ3v) is 5.89. The van der Waals surface area contributed by atoms with E-state index in [9.17, 15) is 4.79 Å². The molecule has 1 atom stereocenters. The lowest BCUT2D eigenvalue weighted by Crippen LogP contribution is -2.40. The van der Waals surface area contributed by atoms with E-state index in [0.29, 0.717) is 5.95 Å². The minimum atomic E-state index is -0.196. The van der Waals surface area contributed by atoms with Gasteiger partial charge in [0, 0.05) is 23.7 Å². The maximum atomic E-state index is 13.3. The number of piperidine rings is 1. The van der Waals surface area contributed by atoms with Crippen LogP contribution in [0.3, 0.4) is 0 Å². The molecule has 0 saturated carbocycles. The van der Waals surface area contributed by atoms with E-state index >= 15 is 0 Å². The number of aryl methyl sites for hydroxylation is 1. The quantitative estimate of drug-likeness (QED) is 0.911. The van der Waals surface area contributed by atoms with E-state index in [4.69, 9.17) is 0 Å². The number of thiophene rings is 1. The Kier molecular flexibility index (Phi) is 3.88. The van der Waals surface area contributed by atoms with Gasteiger partial charge in [0.2, 0.25) is 5.95 Å². The molecule has 7 heteroatoms. The molecule has 1 N–H and O–H groups in total. The fourth-order valence-electron chi connectivity index (χ4n) is 3.54. The van der Waals surface area contributed by atoms with Crippen LogP contribution in [0.1, 0.15) is 42.7 Å². The summed E-state index contributed by atoms with van der Waals surface area (Å²) >= 11 is 1.67. The maximum absolute atomic E-state index is 13.3. The first-order chi connectivity index (χ1) is 11.7. The van der Waals surface area contributed by atoms with Crippen molar-refractivity contribution >= 4 is 23.2 Å². The molecule has 1 fully saturated rings. The van der Waals surface area contributed by atoms with Crippen molar-refractivity contribution in [1.82, 2.24) is 19.7 Å². The molecule has 2 aliphatic rings. The number of hydrogen-bond acceptors (Lipinski definition) is 5. The van der Waals surface area contributed by atoms with Gasteiger partial charge in [-0.3, -0.25) is 4.79 Å². The lowest BCUT2D eigenvalue weighted by molar-refractivity contribution is -0.128. The highest BCUT2D eigenvalue weighted by molar-refractivity contribution is 7.10. The fraction of sp³-hybridized carbons (Fsp3) is 0.471. The summed E-state index contributed by atoms with van der Waals surface area (Å²) in [6.07, 6.45) is 4.92. The standard InChI is InChI=1S/C17H21N5OS/c1-11-6-9-24-15(11)14-13(16(23)21-7-4-3-5-8-21)12(2)20-17-18-10-19-22(14)17/h6,9-10,14H,3-5,7-8H2,1-2H3,(H,18,19,20). The van der Waals surface area contributed by atoms with Crippen LogP contribution < -0.4 is 5.32 Å². The van der Waals surface area contributed by atoms with Gasteiger partial charge < -0.3 is 10.2 Å². The van der Waals surface area contributed by atoms with E-state index in [1.54, 1.807) is 17.7 Å². The number of aromatic nitrogens is 3. The number of nitrogens with zero attached hydrogens (tertiary/aromatic N) is 4. The van der Waals surface area contributed by atoms with Gasteiger partial charge in [-0.05, 0) is 50.1 Å². The van der Waals surface area contributed by atoms with Crippen molar-refractivity contribution in [2.24, 2.45) is 0 Å². The molecule has 1 amide bonds. The Labute approximate surface area is 145 Å². The summed E-state index contributed by atoms with van der Waals surface area (Å²) in [6, 6.07) is 1.90. The third-order valence-electron chi connectivity index (χ3n) is 4.82. The molecule has 1 unspecified atom stereocenters. The van der Waals surface area contributed by atoms with Crippen LogP contribution in [0, 0.1) is 6.92 Å². The predicted molar refractivity (Wildman–Crippen MR) is 94.0 cm³/mol. The molecule has 0 spiro atoms. The molecule has 4 heterocycles. The van der Waals surface area contributed by atoms with Gasteiger partial charge in [0.05, 0.1) is 5.57 Å². The molecule has 0 aromatic carbocycles. The molecule has 4 rings (SSSR count). The van der Waals surface area contributed by atoms with Crippen molar-refractivity contribution in [3.05, 3.63) is 39.5 Å². The molecule has 1 saturated heterocycles. The van der Waals surface area contributed by atoms with Crippen LogP contribution >= 0.6 is 11.3 Å². The van der Waals surface area contributed by atoms with Gasteiger partial charge in [-0.2, -0.15) is 10.1 Å². The third kappa shape index (κ3) is 2.43. The monoisotopic (exact) mass is 343 g/mol. The zero-order valence-corrected chi connectivity index (χ0v) is 14.8. The maximum Gasteiger partial charge on any atom is 0.254 e. The smallest absolute Gasteiger partial charge is 0.254 e. The van der Waals surface area contributed by atoms with Crippen LogP contribution in [-0.2, 0) is 4.79 Å². The minimum Gasteiger partial charge on any atom is -0.339 e. The van der Waals surface area contributed by atoms with Crippen LogP contribution in [0.25, 0.3) is 0 Å². The number of carbonyl (C=O) groups excluding carboxylic acids is 1. The van der Waals surface area contributed by atoms with Gasteiger partial charge in [-0.15, -0.1) is 11.3 Å². The van der Waals surface area contributed by atoms with Crippen molar-refractivity contribution in [3.63, 3.8) is 0 Å². The highest BCUT2D eigenvalue weighted by atomic mass is 32.1. The lowest BCUT2D eigenvalue weighted by Gasteiger charge is -2.33. The van der Waals surface area contributed by atoms with Gasteiger partial charge in [0.1, 0.15) is 12.4 Å². The summed E-state index contributed by atoms with van der Waals surface area (Å²) in [7, 11) is 0. The van der Waals surface area contributed by atoms with Crippen molar-refractivity contribution in [2.45, 2.75) is 39.2 Å². The van der Waals surface area contributed by atoms with E-state index in [1.807, 2.05) is 16.5 Å².